The molecular formula is C24H23N3O2. The Morgan fingerprint density at radius 3 is 2.14 bits per heavy atom. The number of rotatable bonds is 6. The van der Waals surface area contributed by atoms with Gasteiger partial charge in [0.15, 0.2) is 0 Å². The average Bonchev–Trinajstić information content (AvgIpc) is 3.10. The van der Waals surface area contributed by atoms with Crippen molar-refractivity contribution in [3.05, 3.63) is 95.6 Å². The molecule has 1 aromatic heterocycles. The van der Waals surface area contributed by atoms with Gasteiger partial charge in [0, 0.05) is 29.7 Å². The Labute approximate surface area is 170 Å². The van der Waals surface area contributed by atoms with Crippen molar-refractivity contribution in [2.24, 2.45) is 5.73 Å². The smallest absolute Gasteiger partial charge is 0.118 e. The summed E-state index contributed by atoms with van der Waals surface area (Å²) in [5.74, 6) is 0.764. The van der Waals surface area contributed by atoms with Gasteiger partial charge in [0.1, 0.15) is 17.1 Å². The quantitative estimate of drug-likeness (QED) is 0.479. The first-order valence-electron chi connectivity index (χ1n) is 9.48. The molecule has 4 rings (SSSR count). The molecule has 1 heterocycles. The van der Waals surface area contributed by atoms with Crippen LogP contribution in [0.4, 0.5) is 0 Å². The monoisotopic (exact) mass is 385 g/mol. The van der Waals surface area contributed by atoms with E-state index >= 15 is 0 Å². The summed E-state index contributed by atoms with van der Waals surface area (Å²) in [6.45, 7) is 0.489. The van der Waals surface area contributed by atoms with Gasteiger partial charge in [-0.05, 0) is 35.4 Å². The Balaban J connectivity index is 1.85. The van der Waals surface area contributed by atoms with Crippen molar-refractivity contribution in [3.8, 4) is 28.3 Å². The SMILES string of the molecule is COc1ccc(-c2c(Cc3ccccc3)c(-c3ccc(CN)cc3)nn2O)cc1. The third-order valence-electron chi connectivity index (χ3n) is 5.02. The third kappa shape index (κ3) is 3.86. The number of benzene rings is 3. The first-order valence-corrected chi connectivity index (χ1v) is 9.48. The van der Waals surface area contributed by atoms with Crippen LogP contribution >= 0.6 is 0 Å². The Bertz CT molecular complexity index is 1090. The van der Waals surface area contributed by atoms with E-state index in [1.165, 1.54) is 0 Å². The van der Waals surface area contributed by atoms with Gasteiger partial charge in [-0.25, -0.2) is 0 Å². The molecule has 0 aliphatic carbocycles. The van der Waals surface area contributed by atoms with E-state index in [0.29, 0.717) is 18.7 Å². The van der Waals surface area contributed by atoms with Gasteiger partial charge in [-0.1, -0.05) is 54.6 Å². The molecule has 29 heavy (non-hydrogen) atoms. The van der Waals surface area contributed by atoms with E-state index < -0.39 is 0 Å². The summed E-state index contributed by atoms with van der Waals surface area (Å²) in [6, 6.07) is 25.8. The predicted molar refractivity (Wildman–Crippen MR) is 114 cm³/mol. The molecule has 0 fully saturated rings. The van der Waals surface area contributed by atoms with Crippen LogP contribution in [0.15, 0.2) is 78.9 Å². The third-order valence-corrected chi connectivity index (χ3v) is 5.02. The molecule has 0 bridgehead atoms. The average molecular weight is 385 g/mol. The normalized spacial score (nSPS) is 10.8. The minimum Gasteiger partial charge on any atom is -0.497 e. The minimum atomic E-state index is 0.489. The largest absolute Gasteiger partial charge is 0.497 e. The highest BCUT2D eigenvalue weighted by Crippen LogP contribution is 2.34. The molecule has 0 aliphatic rings. The van der Waals surface area contributed by atoms with Crippen LogP contribution in [0.1, 0.15) is 16.7 Å². The van der Waals surface area contributed by atoms with E-state index in [4.69, 9.17) is 10.5 Å². The van der Waals surface area contributed by atoms with E-state index in [1.54, 1.807) is 7.11 Å². The maximum atomic E-state index is 10.7. The van der Waals surface area contributed by atoms with Crippen LogP contribution in [0.3, 0.4) is 0 Å². The van der Waals surface area contributed by atoms with Crippen LogP contribution in [0.5, 0.6) is 5.75 Å². The minimum absolute atomic E-state index is 0.489. The Kier molecular flexibility index (Phi) is 5.31. The maximum Gasteiger partial charge on any atom is 0.118 e. The number of aromatic nitrogens is 2. The molecule has 0 aliphatic heterocycles. The lowest BCUT2D eigenvalue weighted by molar-refractivity contribution is 0.154. The molecule has 0 saturated heterocycles. The van der Waals surface area contributed by atoms with E-state index in [9.17, 15) is 5.21 Å². The highest BCUT2D eigenvalue weighted by Gasteiger charge is 2.21. The van der Waals surface area contributed by atoms with Gasteiger partial charge in [0.05, 0.1) is 7.11 Å². The molecule has 0 saturated carbocycles. The molecule has 3 aromatic carbocycles. The second-order valence-electron chi connectivity index (χ2n) is 6.86. The molecule has 146 valence electrons. The first-order chi connectivity index (χ1) is 14.2. The molecule has 0 atom stereocenters. The molecule has 5 nitrogen and oxygen atoms in total. The van der Waals surface area contributed by atoms with Crippen molar-refractivity contribution < 1.29 is 9.94 Å². The Morgan fingerprint density at radius 1 is 0.862 bits per heavy atom. The van der Waals surface area contributed by atoms with Crippen LogP contribution in [-0.4, -0.2) is 22.3 Å². The number of hydrogen-bond donors (Lipinski definition) is 2. The molecule has 0 unspecified atom stereocenters. The Hall–Kier alpha value is -3.57. The van der Waals surface area contributed by atoms with Gasteiger partial charge in [-0.3, -0.25) is 0 Å². The fourth-order valence-corrected chi connectivity index (χ4v) is 3.47. The highest BCUT2D eigenvalue weighted by atomic mass is 16.5. The standard InChI is InChI=1S/C24H23N3O2/c1-29-21-13-11-20(12-14-21)24-22(15-17-5-3-2-4-6-17)23(26-27(24)28)19-9-7-18(16-25)8-10-19/h2-14,28H,15-16,25H2,1H3. The summed E-state index contributed by atoms with van der Waals surface area (Å²) in [6.07, 6.45) is 0.650. The van der Waals surface area contributed by atoms with Crippen molar-refractivity contribution in [1.29, 1.82) is 0 Å². The van der Waals surface area contributed by atoms with E-state index in [1.807, 2.05) is 66.7 Å². The number of nitrogens with two attached hydrogens (primary N) is 1. The number of nitrogens with zero attached hydrogens (tertiary/aromatic N) is 2. The van der Waals surface area contributed by atoms with Crippen LogP contribution in [0.2, 0.25) is 0 Å². The van der Waals surface area contributed by atoms with Crippen LogP contribution in [-0.2, 0) is 13.0 Å². The summed E-state index contributed by atoms with van der Waals surface area (Å²) in [5, 5.41) is 15.1. The van der Waals surface area contributed by atoms with Gasteiger partial charge in [-0.15, -0.1) is 9.94 Å². The zero-order valence-electron chi connectivity index (χ0n) is 16.2. The van der Waals surface area contributed by atoms with E-state index in [-0.39, 0.29) is 0 Å². The summed E-state index contributed by atoms with van der Waals surface area (Å²) in [4.78, 5) is 0.978. The molecule has 0 spiro atoms. The fourth-order valence-electron chi connectivity index (χ4n) is 3.47. The van der Waals surface area contributed by atoms with Gasteiger partial charge >= 0.3 is 0 Å². The number of methoxy groups -OCH3 is 1. The van der Waals surface area contributed by atoms with Crippen LogP contribution in [0, 0.1) is 0 Å². The lowest BCUT2D eigenvalue weighted by atomic mass is 9.96. The summed E-state index contributed by atoms with van der Waals surface area (Å²) >= 11 is 0. The summed E-state index contributed by atoms with van der Waals surface area (Å²) < 4.78 is 5.26. The number of ether oxygens (including phenoxy) is 1. The second-order valence-corrected chi connectivity index (χ2v) is 6.86. The summed E-state index contributed by atoms with van der Waals surface area (Å²) in [5.41, 5.74) is 12.1. The van der Waals surface area contributed by atoms with Crippen LogP contribution < -0.4 is 10.5 Å². The van der Waals surface area contributed by atoms with Gasteiger partial charge in [0.25, 0.3) is 0 Å². The van der Waals surface area contributed by atoms with Gasteiger partial charge in [0.2, 0.25) is 0 Å². The van der Waals surface area contributed by atoms with Crippen molar-refractivity contribution in [1.82, 2.24) is 9.94 Å². The van der Waals surface area contributed by atoms with Crippen molar-refractivity contribution in [2.75, 3.05) is 7.11 Å². The van der Waals surface area contributed by atoms with Crippen molar-refractivity contribution in [2.45, 2.75) is 13.0 Å². The molecule has 3 N–H and O–H groups in total. The first kappa shape index (κ1) is 18.8. The van der Waals surface area contributed by atoms with Crippen molar-refractivity contribution in [3.63, 3.8) is 0 Å². The topological polar surface area (TPSA) is 73.3 Å². The number of hydrogen-bond acceptors (Lipinski definition) is 4. The lowest BCUT2D eigenvalue weighted by Crippen LogP contribution is -1.98. The zero-order chi connectivity index (χ0) is 20.2. The highest BCUT2D eigenvalue weighted by molar-refractivity contribution is 5.75. The van der Waals surface area contributed by atoms with Crippen LogP contribution in [0.25, 0.3) is 22.5 Å². The van der Waals surface area contributed by atoms with E-state index in [0.717, 1.165) is 44.1 Å². The molecule has 4 aromatic rings. The fraction of sp³-hybridized carbons (Fsp3) is 0.125. The van der Waals surface area contributed by atoms with E-state index in [2.05, 4.69) is 17.2 Å². The van der Waals surface area contributed by atoms with Crippen molar-refractivity contribution >= 4 is 0 Å². The molecular weight excluding hydrogens is 362 g/mol. The molecule has 5 heteroatoms. The maximum absolute atomic E-state index is 10.7. The Morgan fingerprint density at radius 2 is 1.52 bits per heavy atom. The molecule has 0 amide bonds. The van der Waals surface area contributed by atoms with Gasteiger partial charge in [-0.2, -0.15) is 0 Å². The zero-order valence-corrected chi connectivity index (χ0v) is 16.2. The summed E-state index contributed by atoms with van der Waals surface area (Å²) in [7, 11) is 1.63. The molecule has 0 radical (unpaired) electrons. The lowest BCUT2D eigenvalue weighted by Gasteiger charge is -2.09. The second kappa shape index (κ2) is 8.20. The van der Waals surface area contributed by atoms with Gasteiger partial charge < -0.3 is 15.7 Å². The predicted octanol–water partition coefficient (Wildman–Crippen LogP) is 4.51.